The van der Waals surface area contributed by atoms with Crippen LogP contribution in [0.1, 0.15) is 5.82 Å². The number of hydrogen-bond donors (Lipinski definition) is 0. The fourth-order valence-corrected chi connectivity index (χ4v) is 1.46. The van der Waals surface area contributed by atoms with Crippen molar-refractivity contribution in [1.82, 2.24) is 15.0 Å². The van der Waals surface area contributed by atoms with E-state index in [9.17, 15) is 0 Å². The highest BCUT2D eigenvalue weighted by atomic mass is 35.5. The molecule has 76 valence electrons. The van der Waals surface area contributed by atoms with Gasteiger partial charge in [0.2, 0.25) is 0 Å². The largest absolute Gasteiger partial charge is 0.265 e. The third-order valence-corrected chi connectivity index (χ3v) is 2.19. The lowest BCUT2D eigenvalue weighted by Crippen LogP contribution is -1.96. The summed E-state index contributed by atoms with van der Waals surface area (Å²) in [6, 6.07) is 5.73. The highest BCUT2D eigenvalue weighted by Crippen LogP contribution is 2.14. The van der Waals surface area contributed by atoms with Gasteiger partial charge in [0.15, 0.2) is 0 Å². The standard InChI is InChI=1S/C11H10ClN3/c12-5-1-11-14-8-4-10(15-11)9-2-6-13-7-3-9/h2-4,6-8H,1,5H2. The normalized spacial score (nSPS) is 10.2. The van der Waals surface area contributed by atoms with Crippen LogP contribution in [0, 0.1) is 0 Å². The molecule has 2 heterocycles. The topological polar surface area (TPSA) is 38.7 Å². The molecular weight excluding hydrogens is 210 g/mol. The molecule has 0 spiro atoms. The Morgan fingerprint density at radius 3 is 2.60 bits per heavy atom. The lowest BCUT2D eigenvalue weighted by atomic mass is 10.2. The van der Waals surface area contributed by atoms with Crippen molar-refractivity contribution in [3.8, 4) is 11.3 Å². The van der Waals surface area contributed by atoms with Gasteiger partial charge >= 0.3 is 0 Å². The Kier molecular flexibility index (Phi) is 3.25. The zero-order chi connectivity index (χ0) is 10.5. The average molecular weight is 220 g/mol. The van der Waals surface area contributed by atoms with Gasteiger partial charge in [0.25, 0.3) is 0 Å². The Bertz CT molecular complexity index is 431. The second kappa shape index (κ2) is 4.84. The molecule has 0 aliphatic heterocycles. The van der Waals surface area contributed by atoms with Crippen LogP contribution in [0.15, 0.2) is 36.8 Å². The fourth-order valence-electron chi connectivity index (χ4n) is 1.29. The van der Waals surface area contributed by atoms with Crippen LogP contribution in [-0.2, 0) is 6.42 Å². The molecule has 2 aromatic rings. The summed E-state index contributed by atoms with van der Waals surface area (Å²) in [5.41, 5.74) is 1.95. The molecule has 0 N–H and O–H groups in total. The van der Waals surface area contributed by atoms with Gasteiger partial charge in [0.05, 0.1) is 5.69 Å². The van der Waals surface area contributed by atoms with Crippen molar-refractivity contribution in [2.45, 2.75) is 6.42 Å². The Labute approximate surface area is 93.2 Å². The molecule has 0 saturated heterocycles. The molecule has 0 saturated carbocycles. The smallest absolute Gasteiger partial charge is 0.130 e. The number of hydrogen-bond acceptors (Lipinski definition) is 3. The third kappa shape index (κ3) is 2.50. The molecule has 0 aliphatic carbocycles. The van der Waals surface area contributed by atoms with Gasteiger partial charge in [-0.2, -0.15) is 0 Å². The maximum Gasteiger partial charge on any atom is 0.130 e. The van der Waals surface area contributed by atoms with E-state index in [-0.39, 0.29) is 0 Å². The molecule has 0 aromatic carbocycles. The molecule has 0 aliphatic rings. The van der Waals surface area contributed by atoms with Gasteiger partial charge in [0, 0.05) is 36.5 Å². The number of nitrogens with zero attached hydrogens (tertiary/aromatic N) is 3. The van der Waals surface area contributed by atoms with Crippen molar-refractivity contribution in [2.75, 3.05) is 5.88 Å². The first kappa shape index (κ1) is 10.1. The SMILES string of the molecule is ClCCc1nccc(-c2ccncc2)n1. The van der Waals surface area contributed by atoms with Crippen molar-refractivity contribution >= 4 is 11.6 Å². The lowest BCUT2D eigenvalue weighted by molar-refractivity contribution is 0.948. The van der Waals surface area contributed by atoms with E-state index in [1.54, 1.807) is 18.6 Å². The molecule has 0 atom stereocenters. The minimum absolute atomic E-state index is 0.541. The molecule has 4 heteroatoms. The lowest BCUT2D eigenvalue weighted by Gasteiger charge is -2.01. The Morgan fingerprint density at radius 2 is 1.87 bits per heavy atom. The summed E-state index contributed by atoms with van der Waals surface area (Å²) in [7, 11) is 0. The van der Waals surface area contributed by atoms with E-state index in [0.29, 0.717) is 12.3 Å². The van der Waals surface area contributed by atoms with Crippen molar-refractivity contribution < 1.29 is 0 Å². The van der Waals surface area contributed by atoms with Gasteiger partial charge in [0.1, 0.15) is 5.82 Å². The van der Waals surface area contributed by atoms with Crippen LogP contribution < -0.4 is 0 Å². The molecule has 0 radical (unpaired) electrons. The molecular formula is C11H10ClN3. The van der Waals surface area contributed by atoms with E-state index in [0.717, 1.165) is 17.1 Å². The summed E-state index contributed by atoms with van der Waals surface area (Å²) in [5, 5.41) is 0. The second-order valence-corrected chi connectivity index (χ2v) is 3.41. The van der Waals surface area contributed by atoms with E-state index in [1.807, 2.05) is 18.2 Å². The third-order valence-electron chi connectivity index (χ3n) is 2.00. The van der Waals surface area contributed by atoms with Crippen LogP contribution in [0.5, 0.6) is 0 Å². The van der Waals surface area contributed by atoms with Crippen LogP contribution in [0.25, 0.3) is 11.3 Å². The minimum atomic E-state index is 0.541. The van der Waals surface area contributed by atoms with Crippen LogP contribution in [0.3, 0.4) is 0 Å². The monoisotopic (exact) mass is 219 g/mol. The summed E-state index contributed by atoms with van der Waals surface area (Å²) < 4.78 is 0. The van der Waals surface area contributed by atoms with Gasteiger partial charge in [-0.05, 0) is 18.2 Å². The zero-order valence-corrected chi connectivity index (χ0v) is 8.85. The van der Waals surface area contributed by atoms with Gasteiger partial charge in [-0.25, -0.2) is 9.97 Å². The molecule has 15 heavy (non-hydrogen) atoms. The number of aromatic nitrogens is 3. The van der Waals surface area contributed by atoms with E-state index in [2.05, 4.69) is 15.0 Å². The first-order valence-electron chi connectivity index (χ1n) is 4.68. The molecule has 0 amide bonds. The molecule has 0 unspecified atom stereocenters. The first-order chi connectivity index (χ1) is 7.40. The Morgan fingerprint density at radius 1 is 1.07 bits per heavy atom. The highest BCUT2D eigenvalue weighted by molar-refractivity contribution is 6.17. The summed E-state index contributed by atoms with van der Waals surface area (Å²) in [5.74, 6) is 1.32. The van der Waals surface area contributed by atoms with Crippen LogP contribution in [0.2, 0.25) is 0 Å². The van der Waals surface area contributed by atoms with E-state index < -0.39 is 0 Å². The number of rotatable bonds is 3. The predicted octanol–water partition coefficient (Wildman–Crippen LogP) is 2.32. The van der Waals surface area contributed by atoms with E-state index in [1.165, 1.54) is 0 Å². The van der Waals surface area contributed by atoms with Crippen LogP contribution in [-0.4, -0.2) is 20.8 Å². The maximum atomic E-state index is 5.64. The summed E-state index contributed by atoms with van der Waals surface area (Å²) in [4.78, 5) is 12.5. The van der Waals surface area contributed by atoms with Crippen molar-refractivity contribution in [3.05, 3.63) is 42.6 Å². The Balaban J connectivity index is 2.33. The minimum Gasteiger partial charge on any atom is -0.265 e. The fraction of sp³-hybridized carbons (Fsp3) is 0.182. The highest BCUT2D eigenvalue weighted by Gasteiger charge is 2.00. The summed E-state index contributed by atoms with van der Waals surface area (Å²) >= 11 is 5.64. The Hall–Kier alpha value is -1.48. The maximum absolute atomic E-state index is 5.64. The summed E-state index contributed by atoms with van der Waals surface area (Å²) in [6.07, 6.45) is 5.95. The number of aryl methyl sites for hydroxylation is 1. The first-order valence-corrected chi connectivity index (χ1v) is 5.22. The van der Waals surface area contributed by atoms with Crippen LogP contribution >= 0.6 is 11.6 Å². The van der Waals surface area contributed by atoms with E-state index in [4.69, 9.17) is 11.6 Å². The van der Waals surface area contributed by atoms with Crippen LogP contribution in [0.4, 0.5) is 0 Å². The zero-order valence-electron chi connectivity index (χ0n) is 8.10. The number of alkyl halides is 1. The van der Waals surface area contributed by atoms with Gasteiger partial charge in [-0.1, -0.05) is 0 Å². The molecule has 2 rings (SSSR count). The number of pyridine rings is 1. The molecule has 0 fully saturated rings. The molecule has 2 aromatic heterocycles. The number of halogens is 1. The van der Waals surface area contributed by atoms with E-state index >= 15 is 0 Å². The molecule has 0 bridgehead atoms. The van der Waals surface area contributed by atoms with Gasteiger partial charge in [-0.15, -0.1) is 11.6 Å². The second-order valence-electron chi connectivity index (χ2n) is 3.03. The van der Waals surface area contributed by atoms with Crippen molar-refractivity contribution in [1.29, 1.82) is 0 Å². The van der Waals surface area contributed by atoms with Gasteiger partial charge < -0.3 is 0 Å². The molecule has 3 nitrogen and oxygen atoms in total. The van der Waals surface area contributed by atoms with Gasteiger partial charge in [-0.3, -0.25) is 4.98 Å². The van der Waals surface area contributed by atoms with Crippen molar-refractivity contribution in [2.24, 2.45) is 0 Å². The summed E-state index contributed by atoms with van der Waals surface area (Å²) in [6.45, 7) is 0. The quantitative estimate of drug-likeness (QED) is 0.744. The predicted molar refractivity (Wildman–Crippen MR) is 59.7 cm³/mol. The average Bonchev–Trinajstić information content (AvgIpc) is 2.31. The van der Waals surface area contributed by atoms with Crippen molar-refractivity contribution in [3.63, 3.8) is 0 Å².